The first kappa shape index (κ1) is 26.2. The molecule has 3 aromatic rings. The number of nitrogens with zero attached hydrogens (tertiary/aromatic N) is 1. The summed E-state index contributed by atoms with van der Waals surface area (Å²) in [7, 11) is -3.57. The van der Waals surface area contributed by atoms with E-state index in [0.717, 1.165) is 6.26 Å². The highest BCUT2D eigenvalue weighted by atomic mass is 35.5. The van der Waals surface area contributed by atoms with Gasteiger partial charge in [-0.3, -0.25) is 13.9 Å². The van der Waals surface area contributed by atoms with E-state index in [9.17, 15) is 18.0 Å². The number of halogens is 1. The van der Waals surface area contributed by atoms with Crippen LogP contribution in [0.1, 0.15) is 47.1 Å². The predicted octanol–water partition coefficient (Wildman–Crippen LogP) is 5.09. The molecule has 0 aliphatic rings. The summed E-state index contributed by atoms with van der Waals surface area (Å²) < 4.78 is 26.0. The topological polar surface area (TPSA) is 95.6 Å². The number of benzene rings is 3. The zero-order valence-corrected chi connectivity index (χ0v) is 21.6. The molecule has 0 atom stereocenters. The van der Waals surface area contributed by atoms with Gasteiger partial charge in [0.15, 0.2) is 0 Å². The molecule has 2 N–H and O–H groups in total. The van der Waals surface area contributed by atoms with Gasteiger partial charge in [-0.25, -0.2) is 8.42 Å². The minimum Gasteiger partial charge on any atom is -0.347 e. The summed E-state index contributed by atoms with van der Waals surface area (Å²) in [6, 6.07) is 20.0. The third kappa shape index (κ3) is 7.31. The lowest BCUT2D eigenvalue weighted by atomic mass is 10.1. The summed E-state index contributed by atoms with van der Waals surface area (Å²) >= 11 is 6.04. The summed E-state index contributed by atoms with van der Waals surface area (Å²) in [5, 5.41) is 6.11. The van der Waals surface area contributed by atoms with Crippen LogP contribution in [0.15, 0.2) is 72.8 Å². The van der Waals surface area contributed by atoms with Crippen LogP contribution in [0.5, 0.6) is 0 Å². The van der Waals surface area contributed by atoms with Crippen LogP contribution in [0.2, 0.25) is 5.02 Å². The highest BCUT2D eigenvalue weighted by molar-refractivity contribution is 7.92. The van der Waals surface area contributed by atoms with E-state index in [1.165, 1.54) is 4.31 Å². The van der Waals surface area contributed by atoms with Crippen molar-refractivity contribution in [2.24, 2.45) is 0 Å². The normalized spacial score (nSPS) is 11.6. The number of hydrogen-bond donors (Lipinski definition) is 2. The van der Waals surface area contributed by atoms with Gasteiger partial charge in [0, 0.05) is 16.1 Å². The van der Waals surface area contributed by atoms with Crippen LogP contribution in [-0.2, 0) is 16.6 Å². The molecule has 0 bridgehead atoms. The second-order valence-electron chi connectivity index (χ2n) is 9.15. The van der Waals surface area contributed by atoms with Gasteiger partial charge in [0.2, 0.25) is 10.0 Å². The monoisotopic (exact) mass is 513 g/mol. The summed E-state index contributed by atoms with van der Waals surface area (Å²) in [4.78, 5) is 25.5. The Morgan fingerprint density at radius 2 is 1.57 bits per heavy atom. The van der Waals surface area contributed by atoms with E-state index in [1.54, 1.807) is 72.8 Å². The fraction of sp³-hybridized carbons (Fsp3) is 0.231. The molecule has 0 saturated heterocycles. The molecule has 7 nitrogen and oxygen atoms in total. The van der Waals surface area contributed by atoms with Crippen molar-refractivity contribution in [3.8, 4) is 0 Å². The molecule has 0 fully saturated rings. The molecular formula is C26H28ClN3O4S. The Labute approximate surface area is 211 Å². The lowest BCUT2D eigenvalue weighted by Crippen LogP contribution is -2.40. The van der Waals surface area contributed by atoms with Gasteiger partial charge in [-0.2, -0.15) is 0 Å². The lowest BCUT2D eigenvalue weighted by Gasteiger charge is -2.23. The molecule has 35 heavy (non-hydrogen) atoms. The van der Waals surface area contributed by atoms with Gasteiger partial charge in [0.05, 0.1) is 29.7 Å². The number of sulfonamides is 1. The largest absolute Gasteiger partial charge is 0.347 e. The second kappa shape index (κ2) is 10.5. The lowest BCUT2D eigenvalue weighted by molar-refractivity contribution is 0.0920. The third-order valence-corrected chi connectivity index (χ3v) is 6.32. The maximum Gasteiger partial charge on any atom is 0.255 e. The van der Waals surface area contributed by atoms with Gasteiger partial charge in [0.25, 0.3) is 11.8 Å². The van der Waals surface area contributed by atoms with Crippen LogP contribution >= 0.6 is 11.6 Å². The van der Waals surface area contributed by atoms with Crippen molar-refractivity contribution in [1.82, 2.24) is 5.32 Å². The first-order valence-electron chi connectivity index (χ1n) is 10.9. The van der Waals surface area contributed by atoms with E-state index in [-0.39, 0.29) is 18.4 Å². The van der Waals surface area contributed by atoms with E-state index >= 15 is 0 Å². The molecule has 3 rings (SSSR count). The third-order valence-electron chi connectivity index (χ3n) is 4.95. The summed E-state index contributed by atoms with van der Waals surface area (Å²) in [5.41, 5.74) is 1.84. The minimum absolute atomic E-state index is 0.0802. The average Bonchev–Trinajstić information content (AvgIpc) is 2.76. The number of carbonyl (C=O) groups excluding carboxylic acids is 2. The molecule has 0 unspecified atom stereocenters. The summed E-state index contributed by atoms with van der Waals surface area (Å²) in [6.07, 6.45) is 1.13. The van der Waals surface area contributed by atoms with Gasteiger partial charge in [-0.1, -0.05) is 41.9 Å². The maximum atomic E-state index is 12.9. The standard InChI is InChI=1S/C26H28ClN3O4S/c1-26(2,3)29-25(32)22-10-5-6-11-23(22)28-24(31)19-14-12-18(13-15-19)17-30(35(4,33)34)21-9-7-8-20(27)16-21/h5-16H,17H2,1-4H3,(H,28,31)(H,29,32). The van der Waals surface area contributed by atoms with Crippen LogP contribution in [-0.4, -0.2) is 32.0 Å². The number of hydrogen-bond acceptors (Lipinski definition) is 4. The second-order valence-corrected chi connectivity index (χ2v) is 11.5. The van der Waals surface area contributed by atoms with E-state index in [0.29, 0.717) is 33.1 Å². The van der Waals surface area contributed by atoms with Gasteiger partial charge in [-0.05, 0) is 68.8 Å². The maximum absolute atomic E-state index is 12.9. The smallest absolute Gasteiger partial charge is 0.255 e. The molecular weight excluding hydrogens is 486 g/mol. The molecule has 2 amide bonds. The van der Waals surface area contributed by atoms with Crippen molar-refractivity contribution < 1.29 is 18.0 Å². The van der Waals surface area contributed by atoms with E-state index in [4.69, 9.17) is 11.6 Å². The molecule has 0 saturated carbocycles. The van der Waals surface area contributed by atoms with Crippen molar-refractivity contribution in [2.45, 2.75) is 32.9 Å². The van der Waals surface area contributed by atoms with Crippen molar-refractivity contribution in [1.29, 1.82) is 0 Å². The number of anilines is 2. The highest BCUT2D eigenvalue weighted by Crippen LogP contribution is 2.24. The van der Waals surface area contributed by atoms with Gasteiger partial charge in [-0.15, -0.1) is 0 Å². The van der Waals surface area contributed by atoms with Crippen molar-refractivity contribution >= 4 is 44.8 Å². The molecule has 3 aromatic carbocycles. The Hall–Kier alpha value is -3.36. The van der Waals surface area contributed by atoms with Gasteiger partial charge in [0.1, 0.15) is 0 Å². The van der Waals surface area contributed by atoms with Crippen LogP contribution in [0, 0.1) is 0 Å². The van der Waals surface area contributed by atoms with Crippen LogP contribution in [0.3, 0.4) is 0 Å². The molecule has 9 heteroatoms. The van der Waals surface area contributed by atoms with Crippen molar-refractivity contribution in [2.75, 3.05) is 15.9 Å². The fourth-order valence-electron chi connectivity index (χ4n) is 3.35. The quantitative estimate of drug-likeness (QED) is 0.460. The Morgan fingerprint density at radius 3 is 2.17 bits per heavy atom. The SMILES string of the molecule is CC(C)(C)NC(=O)c1ccccc1NC(=O)c1ccc(CN(c2cccc(Cl)c2)S(C)(=O)=O)cc1. The Balaban J connectivity index is 1.77. The van der Waals surface area contributed by atoms with Crippen LogP contribution in [0.25, 0.3) is 0 Å². The van der Waals surface area contributed by atoms with Crippen LogP contribution < -0.4 is 14.9 Å². The van der Waals surface area contributed by atoms with Gasteiger partial charge >= 0.3 is 0 Å². The van der Waals surface area contributed by atoms with Gasteiger partial charge < -0.3 is 10.6 Å². The number of rotatable bonds is 7. The predicted molar refractivity (Wildman–Crippen MR) is 141 cm³/mol. The Kier molecular flexibility index (Phi) is 7.87. The molecule has 0 aliphatic carbocycles. The number of carbonyl (C=O) groups is 2. The first-order chi connectivity index (χ1) is 16.3. The molecule has 0 aromatic heterocycles. The number of nitrogens with one attached hydrogen (secondary N) is 2. The summed E-state index contributed by atoms with van der Waals surface area (Å²) in [5.74, 6) is -0.673. The summed E-state index contributed by atoms with van der Waals surface area (Å²) in [6.45, 7) is 5.72. The first-order valence-corrected chi connectivity index (χ1v) is 13.1. The molecule has 0 spiro atoms. The Morgan fingerprint density at radius 1 is 0.914 bits per heavy atom. The number of para-hydroxylation sites is 1. The van der Waals surface area contributed by atoms with Crippen molar-refractivity contribution in [3.05, 3.63) is 94.5 Å². The average molecular weight is 514 g/mol. The number of amides is 2. The van der Waals surface area contributed by atoms with E-state index in [1.807, 2.05) is 20.8 Å². The van der Waals surface area contributed by atoms with E-state index in [2.05, 4.69) is 10.6 Å². The molecule has 0 heterocycles. The fourth-order valence-corrected chi connectivity index (χ4v) is 4.42. The van der Waals surface area contributed by atoms with E-state index < -0.39 is 15.6 Å². The Bertz CT molecular complexity index is 1330. The minimum atomic E-state index is -3.57. The highest BCUT2D eigenvalue weighted by Gasteiger charge is 2.20. The van der Waals surface area contributed by atoms with Crippen LogP contribution in [0.4, 0.5) is 11.4 Å². The zero-order chi connectivity index (χ0) is 25.8. The molecule has 184 valence electrons. The van der Waals surface area contributed by atoms with Crippen molar-refractivity contribution in [3.63, 3.8) is 0 Å². The molecule has 0 aliphatic heterocycles. The molecule has 0 radical (unpaired) electrons. The zero-order valence-electron chi connectivity index (χ0n) is 20.0.